The van der Waals surface area contributed by atoms with E-state index in [1.807, 2.05) is 17.5 Å². The van der Waals surface area contributed by atoms with Gasteiger partial charge in [-0.1, -0.05) is 18.2 Å². The van der Waals surface area contributed by atoms with E-state index in [1.165, 1.54) is 28.3 Å². The topological polar surface area (TPSA) is 64.9 Å². The molecule has 2 aromatic heterocycles. The minimum absolute atomic E-state index is 0.0907. The SMILES string of the molecule is N#Cc1c(NC(=O)CNC(c2ccc(F)cc2)c2cccs2)sc2c1CCC2. The zero-order valence-electron chi connectivity index (χ0n) is 15.0. The van der Waals surface area contributed by atoms with Crippen molar-refractivity contribution in [3.8, 4) is 6.07 Å². The maximum absolute atomic E-state index is 13.3. The van der Waals surface area contributed by atoms with Crippen molar-refractivity contribution in [3.05, 3.63) is 74.0 Å². The number of hydrogen-bond donors (Lipinski definition) is 2. The van der Waals surface area contributed by atoms with Gasteiger partial charge in [0.15, 0.2) is 0 Å². The highest BCUT2D eigenvalue weighted by Gasteiger charge is 2.23. The van der Waals surface area contributed by atoms with Crippen molar-refractivity contribution < 1.29 is 9.18 Å². The molecule has 7 heteroatoms. The Labute approximate surface area is 170 Å². The number of aryl methyl sites for hydroxylation is 1. The predicted octanol–water partition coefficient (Wildman–Crippen LogP) is 4.63. The molecule has 1 aliphatic carbocycles. The average molecular weight is 412 g/mol. The van der Waals surface area contributed by atoms with E-state index in [9.17, 15) is 14.4 Å². The van der Waals surface area contributed by atoms with Gasteiger partial charge in [-0.2, -0.15) is 5.26 Å². The number of nitriles is 1. The number of nitrogens with one attached hydrogen (secondary N) is 2. The normalized spacial score (nSPS) is 13.7. The number of carbonyl (C=O) groups excluding carboxylic acids is 1. The number of halogens is 1. The zero-order valence-corrected chi connectivity index (χ0v) is 16.6. The van der Waals surface area contributed by atoms with Crippen LogP contribution < -0.4 is 10.6 Å². The van der Waals surface area contributed by atoms with E-state index in [0.717, 1.165) is 35.3 Å². The summed E-state index contributed by atoms with van der Waals surface area (Å²) < 4.78 is 13.3. The summed E-state index contributed by atoms with van der Waals surface area (Å²) in [5.41, 5.74) is 2.60. The molecular formula is C21H18FN3OS2. The summed E-state index contributed by atoms with van der Waals surface area (Å²) in [7, 11) is 0. The highest BCUT2D eigenvalue weighted by Crippen LogP contribution is 2.38. The van der Waals surface area contributed by atoms with Gasteiger partial charge >= 0.3 is 0 Å². The number of anilines is 1. The molecule has 1 amide bonds. The van der Waals surface area contributed by atoms with Gasteiger partial charge in [-0.05, 0) is 54.0 Å². The van der Waals surface area contributed by atoms with E-state index in [4.69, 9.17) is 0 Å². The standard InChI is InChI=1S/C21H18FN3OS2/c22-14-8-6-13(7-9-14)20(18-5-2-10-27-18)24-12-19(26)25-21-16(11-23)15-3-1-4-17(15)28-21/h2,5-10,20,24H,1,3-4,12H2,(H,25,26). The molecule has 1 unspecified atom stereocenters. The van der Waals surface area contributed by atoms with Gasteiger partial charge in [0.2, 0.25) is 5.91 Å². The Hall–Kier alpha value is -2.53. The second kappa shape index (κ2) is 8.23. The van der Waals surface area contributed by atoms with Crippen molar-refractivity contribution in [2.24, 2.45) is 0 Å². The Bertz CT molecular complexity index is 1020. The third-order valence-corrected chi connectivity index (χ3v) is 6.93. The summed E-state index contributed by atoms with van der Waals surface area (Å²) in [6.07, 6.45) is 2.97. The number of benzene rings is 1. The molecule has 0 radical (unpaired) electrons. The van der Waals surface area contributed by atoms with Crippen molar-refractivity contribution in [2.75, 3.05) is 11.9 Å². The largest absolute Gasteiger partial charge is 0.315 e. The minimum atomic E-state index is -0.291. The molecule has 4 nitrogen and oxygen atoms in total. The van der Waals surface area contributed by atoms with Crippen molar-refractivity contribution in [1.29, 1.82) is 5.26 Å². The molecule has 4 rings (SSSR count). The highest BCUT2D eigenvalue weighted by atomic mass is 32.1. The Morgan fingerprint density at radius 2 is 2.07 bits per heavy atom. The van der Waals surface area contributed by atoms with Crippen LogP contribution in [0, 0.1) is 17.1 Å². The fraction of sp³-hybridized carbons (Fsp3) is 0.238. The third kappa shape index (κ3) is 3.85. The van der Waals surface area contributed by atoms with Crippen LogP contribution in [0.25, 0.3) is 0 Å². The van der Waals surface area contributed by atoms with E-state index in [1.54, 1.807) is 23.5 Å². The second-order valence-electron chi connectivity index (χ2n) is 6.60. The number of hydrogen-bond acceptors (Lipinski definition) is 5. The molecule has 2 N–H and O–H groups in total. The zero-order chi connectivity index (χ0) is 19.5. The van der Waals surface area contributed by atoms with Crippen LogP contribution in [0.2, 0.25) is 0 Å². The molecular weight excluding hydrogens is 393 g/mol. The Morgan fingerprint density at radius 3 is 2.79 bits per heavy atom. The molecule has 0 aliphatic heterocycles. The second-order valence-corrected chi connectivity index (χ2v) is 8.69. The molecule has 0 bridgehead atoms. The fourth-order valence-electron chi connectivity index (χ4n) is 3.47. The monoisotopic (exact) mass is 411 g/mol. The summed E-state index contributed by atoms with van der Waals surface area (Å²) in [4.78, 5) is 14.8. The van der Waals surface area contributed by atoms with Gasteiger partial charge in [0, 0.05) is 9.75 Å². The summed E-state index contributed by atoms with van der Waals surface area (Å²) >= 11 is 3.09. The minimum Gasteiger partial charge on any atom is -0.315 e. The van der Waals surface area contributed by atoms with Gasteiger partial charge in [-0.3, -0.25) is 10.1 Å². The first kappa shape index (κ1) is 18.8. The number of carbonyl (C=O) groups is 1. The van der Waals surface area contributed by atoms with Gasteiger partial charge in [-0.15, -0.1) is 22.7 Å². The van der Waals surface area contributed by atoms with E-state index >= 15 is 0 Å². The Morgan fingerprint density at radius 1 is 1.25 bits per heavy atom. The summed E-state index contributed by atoms with van der Waals surface area (Å²) in [6.45, 7) is 0.0907. The average Bonchev–Trinajstić information content (AvgIpc) is 3.41. The first-order valence-electron chi connectivity index (χ1n) is 9.02. The molecule has 2 heterocycles. The lowest BCUT2D eigenvalue weighted by Crippen LogP contribution is -2.31. The quantitative estimate of drug-likeness (QED) is 0.622. The Kier molecular flexibility index (Phi) is 5.53. The van der Waals surface area contributed by atoms with Gasteiger partial charge in [-0.25, -0.2) is 4.39 Å². The maximum Gasteiger partial charge on any atom is 0.238 e. The van der Waals surface area contributed by atoms with E-state index in [0.29, 0.717) is 10.6 Å². The molecule has 0 spiro atoms. The van der Waals surface area contributed by atoms with Gasteiger partial charge in [0.1, 0.15) is 16.9 Å². The summed E-state index contributed by atoms with van der Waals surface area (Å²) in [5.74, 6) is -0.485. The first-order valence-corrected chi connectivity index (χ1v) is 10.7. The lowest BCUT2D eigenvalue weighted by molar-refractivity contribution is -0.115. The van der Waals surface area contributed by atoms with Gasteiger partial charge in [0.25, 0.3) is 0 Å². The number of rotatable bonds is 6. The van der Waals surface area contributed by atoms with Crippen LogP contribution in [0.5, 0.6) is 0 Å². The molecule has 0 saturated carbocycles. The number of thiophene rings is 2. The van der Waals surface area contributed by atoms with Crippen LogP contribution in [0.3, 0.4) is 0 Å². The molecule has 28 heavy (non-hydrogen) atoms. The third-order valence-electron chi connectivity index (χ3n) is 4.78. The van der Waals surface area contributed by atoms with Crippen LogP contribution in [0.15, 0.2) is 41.8 Å². The van der Waals surface area contributed by atoms with Crippen molar-refractivity contribution in [2.45, 2.75) is 25.3 Å². The lowest BCUT2D eigenvalue weighted by atomic mass is 10.1. The summed E-state index contributed by atoms with van der Waals surface area (Å²) in [5, 5.41) is 18.2. The summed E-state index contributed by atoms with van der Waals surface area (Å²) in [6, 6.07) is 12.3. The fourth-order valence-corrected chi connectivity index (χ4v) is 5.55. The molecule has 1 aliphatic rings. The predicted molar refractivity (Wildman–Crippen MR) is 110 cm³/mol. The lowest BCUT2D eigenvalue weighted by Gasteiger charge is -2.18. The molecule has 3 aromatic rings. The van der Waals surface area contributed by atoms with Gasteiger partial charge in [0.05, 0.1) is 18.2 Å². The van der Waals surface area contributed by atoms with E-state index in [-0.39, 0.29) is 24.3 Å². The van der Waals surface area contributed by atoms with Crippen LogP contribution in [0.1, 0.15) is 38.9 Å². The molecule has 142 valence electrons. The maximum atomic E-state index is 13.3. The van der Waals surface area contributed by atoms with Crippen LogP contribution >= 0.6 is 22.7 Å². The van der Waals surface area contributed by atoms with Crippen molar-refractivity contribution >= 4 is 33.6 Å². The van der Waals surface area contributed by atoms with Crippen LogP contribution in [-0.2, 0) is 17.6 Å². The molecule has 0 saturated heterocycles. The molecule has 1 aromatic carbocycles. The van der Waals surface area contributed by atoms with Gasteiger partial charge < -0.3 is 5.32 Å². The number of amides is 1. The van der Waals surface area contributed by atoms with E-state index in [2.05, 4.69) is 16.7 Å². The van der Waals surface area contributed by atoms with Crippen LogP contribution in [0.4, 0.5) is 9.39 Å². The highest BCUT2D eigenvalue weighted by molar-refractivity contribution is 7.16. The van der Waals surface area contributed by atoms with E-state index < -0.39 is 0 Å². The smallest absolute Gasteiger partial charge is 0.238 e. The number of nitrogens with zero attached hydrogens (tertiary/aromatic N) is 1. The van der Waals surface area contributed by atoms with Crippen molar-refractivity contribution in [1.82, 2.24) is 5.32 Å². The number of fused-ring (bicyclic) bond motifs is 1. The first-order chi connectivity index (χ1) is 13.7. The van der Waals surface area contributed by atoms with Crippen molar-refractivity contribution in [3.63, 3.8) is 0 Å². The molecule has 1 atom stereocenters. The molecule has 0 fully saturated rings. The van der Waals surface area contributed by atoms with Crippen LogP contribution in [-0.4, -0.2) is 12.5 Å². The Balaban J connectivity index is 1.47.